The van der Waals surface area contributed by atoms with Crippen molar-refractivity contribution >= 4 is 39.7 Å². The summed E-state index contributed by atoms with van der Waals surface area (Å²) in [6.45, 7) is 3.52. The zero-order chi connectivity index (χ0) is 24.0. The molecule has 35 heavy (non-hydrogen) atoms. The molecule has 1 heterocycles. The number of aliphatic imine (C=N–C) groups is 1. The van der Waals surface area contributed by atoms with Gasteiger partial charge in [-0.3, -0.25) is 14.7 Å². The first kappa shape index (κ1) is 22.9. The lowest BCUT2D eigenvalue weighted by molar-refractivity contribution is -0.122. The molecule has 5 heteroatoms. The number of amidine groups is 1. The van der Waals surface area contributed by atoms with Crippen molar-refractivity contribution in [2.45, 2.75) is 20.0 Å². The summed E-state index contributed by atoms with van der Waals surface area (Å²) in [5.74, 6) is 0.734. The molecular formula is C30H26N2O2S. The molecule has 0 saturated carbocycles. The molecule has 4 aromatic carbocycles. The monoisotopic (exact) mass is 478 g/mol. The molecule has 1 fully saturated rings. The van der Waals surface area contributed by atoms with Crippen molar-refractivity contribution in [3.05, 3.63) is 119 Å². The number of nitrogens with zero attached hydrogens (tertiary/aromatic N) is 2. The lowest BCUT2D eigenvalue weighted by Gasteiger charge is -2.16. The van der Waals surface area contributed by atoms with Crippen LogP contribution in [0.25, 0.3) is 16.8 Å². The Morgan fingerprint density at radius 2 is 1.54 bits per heavy atom. The van der Waals surface area contributed by atoms with Gasteiger partial charge in [0, 0.05) is 5.56 Å². The quantitative estimate of drug-likeness (QED) is 0.271. The molecule has 0 aromatic heterocycles. The van der Waals surface area contributed by atoms with Crippen LogP contribution in [-0.4, -0.2) is 22.6 Å². The fourth-order valence-electron chi connectivity index (χ4n) is 4.11. The average Bonchev–Trinajstić information content (AvgIpc) is 3.19. The van der Waals surface area contributed by atoms with Crippen molar-refractivity contribution in [3.63, 3.8) is 0 Å². The number of fused-ring (bicyclic) bond motifs is 1. The van der Waals surface area contributed by atoms with Gasteiger partial charge >= 0.3 is 0 Å². The largest absolute Gasteiger partial charge is 0.493 e. The number of thioether (sulfide) groups is 1. The molecule has 1 saturated heterocycles. The maximum absolute atomic E-state index is 13.7. The molecule has 0 aliphatic carbocycles. The zero-order valence-corrected chi connectivity index (χ0v) is 20.4. The maximum atomic E-state index is 13.7. The van der Waals surface area contributed by atoms with E-state index in [1.807, 2.05) is 91.9 Å². The standard InChI is InChI=1S/C30H26N2O2S/c1-2-34-27-18-17-24-15-9-10-16-25(24)26(27)19-28-29(33)32(21-23-13-7-4-8-14-23)30(35-28)31-20-22-11-5-3-6-12-22/h3-19H,2,20-21H2,1H3/b28-19+,31-30?. The molecule has 5 rings (SSSR count). The minimum absolute atomic E-state index is 0.0407. The number of carbonyl (C=O) groups excluding carboxylic acids is 1. The van der Waals surface area contributed by atoms with E-state index in [0.29, 0.717) is 29.8 Å². The molecule has 4 nitrogen and oxygen atoms in total. The summed E-state index contributed by atoms with van der Waals surface area (Å²) in [6, 6.07) is 32.3. The summed E-state index contributed by atoms with van der Waals surface area (Å²) in [4.78, 5) is 20.9. The van der Waals surface area contributed by atoms with Gasteiger partial charge in [-0.1, -0.05) is 91.0 Å². The van der Waals surface area contributed by atoms with Crippen molar-refractivity contribution in [1.82, 2.24) is 4.90 Å². The Kier molecular flexibility index (Phi) is 6.96. The van der Waals surface area contributed by atoms with Crippen LogP contribution in [0.1, 0.15) is 23.6 Å². The van der Waals surface area contributed by atoms with Crippen LogP contribution in [0.2, 0.25) is 0 Å². The highest BCUT2D eigenvalue weighted by molar-refractivity contribution is 8.18. The van der Waals surface area contributed by atoms with Gasteiger partial charge in [0.1, 0.15) is 5.75 Å². The van der Waals surface area contributed by atoms with Crippen molar-refractivity contribution in [1.29, 1.82) is 0 Å². The molecule has 1 aliphatic rings. The number of carbonyl (C=O) groups is 1. The molecule has 1 aliphatic heterocycles. The van der Waals surface area contributed by atoms with E-state index in [2.05, 4.69) is 18.2 Å². The van der Waals surface area contributed by atoms with Crippen LogP contribution >= 0.6 is 11.8 Å². The third-order valence-electron chi connectivity index (χ3n) is 5.82. The predicted molar refractivity (Wildman–Crippen MR) is 145 cm³/mol. The lowest BCUT2D eigenvalue weighted by atomic mass is 10.0. The van der Waals surface area contributed by atoms with Gasteiger partial charge in [-0.25, -0.2) is 0 Å². The van der Waals surface area contributed by atoms with E-state index in [-0.39, 0.29) is 5.91 Å². The van der Waals surface area contributed by atoms with Gasteiger partial charge in [-0.15, -0.1) is 0 Å². The molecular weight excluding hydrogens is 452 g/mol. The summed E-state index contributed by atoms with van der Waals surface area (Å²) in [5.41, 5.74) is 3.10. The van der Waals surface area contributed by atoms with Crippen molar-refractivity contribution < 1.29 is 9.53 Å². The summed E-state index contributed by atoms with van der Waals surface area (Å²) in [6.07, 6.45) is 1.96. The van der Waals surface area contributed by atoms with Gasteiger partial charge in [-0.2, -0.15) is 0 Å². The molecule has 0 spiro atoms. The van der Waals surface area contributed by atoms with Gasteiger partial charge in [0.2, 0.25) is 0 Å². The van der Waals surface area contributed by atoms with Crippen LogP contribution in [-0.2, 0) is 17.9 Å². The van der Waals surface area contributed by atoms with Crippen LogP contribution in [0.4, 0.5) is 0 Å². The number of ether oxygens (including phenoxy) is 1. The molecule has 0 unspecified atom stereocenters. The maximum Gasteiger partial charge on any atom is 0.267 e. The van der Waals surface area contributed by atoms with E-state index < -0.39 is 0 Å². The van der Waals surface area contributed by atoms with Crippen LogP contribution < -0.4 is 4.74 Å². The third-order valence-corrected chi connectivity index (χ3v) is 6.86. The van der Waals surface area contributed by atoms with Gasteiger partial charge in [-0.05, 0) is 52.7 Å². The van der Waals surface area contributed by atoms with E-state index in [0.717, 1.165) is 33.2 Å². The number of benzene rings is 4. The minimum Gasteiger partial charge on any atom is -0.493 e. The molecule has 0 atom stereocenters. The highest BCUT2D eigenvalue weighted by atomic mass is 32.2. The Labute approximate surface area is 210 Å². The lowest BCUT2D eigenvalue weighted by Crippen LogP contribution is -2.28. The second-order valence-corrected chi connectivity index (χ2v) is 9.21. The van der Waals surface area contributed by atoms with Crippen LogP contribution in [0.15, 0.2) is 107 Å². The number of hydrogen-bond donors (Lipinski definition) is 0. The first-order chi connectivity index (χ1) is 17.2. The van der Waals surface area contributed by atoms with Crippen molar-refractivity contribution in [3.8, 4) is 5.75 Å². The molecule has 1 amide bonds. The molecule has 0 radical (unpaired) electrons. The molecule has 4 aromatic rings. The summed E-state index contributed by atoms with van der Waals surface area (Å²) < 4.78 is 5.94. The van der Waals surface area contributed by atoms with Gasteiger partial charge in [0.05, 0.1) is 24.6 Å². The Balaban J connectivity index is 1.55. The van der Waals surface area contributed by atoms with E-state index in [1.54, 1.807) is 4.90 Å². The Morgan fingerprint density at radius 1 is 0.857 bits per heavy atom. The topological polar surface area (TPSA) is 41.9 Å². The van der Waals surface area contributed by atoms with E-state index in [4.69, 9.17) is 9.73 Å². The number of amides is 1. The fraction of sp³-hybridized carbons (Fsp3) is 0.133. The number of hydrogen-bond acceptors (Lipinski definition) is 4. The summed E-state index contributed by atoms with van der Waals surface area (Å²) in [5, 5.41) is 2.88. The Bertz CT molecular complexity index is 1400. The smallest absolute Gasteiger partial charge is 0.267 e. The van der Waals surface area contributed by atoms with Crippen LogP contribution in [0.3, 0.4) is 0 Å². The van der Waals surface area contributed by atoms with Gasteiger partial charge < -0.3 is 4.74 Å². The van der Waals surface area contributed by atoms with E-state index in [9.17, 15) is 4.79 Å². The van der Waals surface area contributed by atoms with Crippen LogP contribution in [0, 0.1) is 0 Å². The highest BCUT2D eigenvalue weighted by Crippen LogP contribution is 2.37. The molecule has 0 N–H and O–H groups in total. The average molecular weight is 479 g/mol. The number of rotatable bonds is 7. The fourth-order valence-corrected chi connectivity index (χ4v) is 5.07. The predicted octanol–water partition coefficient (Wildman–Crippen LogP) is 6.91. The van der Waals surface area contributed by atoms with Gasteiger partial charge in [0.25, 0.3) is 5.91 Å². The highest BCUT2D eigenvalue weighted by Gasteiger charge is 2.33. The van der Waals surface area contributed by atoms with E-state index in [1.165, 1.54) is 11.8 Å². The Hall–Kier alpha value is -3.83. The zero-order valence-electron chi connectivity index (χ0n) is 19.6. The summed E-state index contributed by atoms with van der Waals surface area (Å²) >= 11 is 1.43. The molecule has 174 valence electrons. The van der Waals surface area contributed by atoms with Crippen LogP contribution in [0.5, 0.6) is 5.75 Å². The van der Waals surface area contributed by atoms with Gasteiger partial charge in [0.15, 0.2) is 5.17 Å². The minimum atomic E-state index is -0.0407. The van der Waals surface area contributed by atoms with E-state index >= 15 is 0 Å². The second-order valence-electron chi connectivity index (χ2n) is 8.20. The first-order valence-corrected chi connectivity index (χ1v) is 12.5. The third kappa shape index (κ3) is 5.15. The van der Waals surface area contributed by atoms with Crippen molar-refractivity contribution in [2.24, 2.45) is 4.99 Å². The summed E-state index contributed by atoms with van der Waals surface area (Å²) in [7, 11) is 0. The molecule has 0 bridgehead atoms. The SMILES string of the molecule is CCOc1ccc2ccccc2c1/C=C1/SC(=NCc2ccccc2)N(Cc2ccccc2)C1=O. The van der Waals surface area contributed by atoms with Crippen molar-refractivity contribution in [2.75, 3.05) is 6.61 Å². The Morgan fingerprint density at radius 3 is 2.29 bits per heavy atom. The first-order valence-electron chi connectivity index (χ1n) is 11.7. The second kappa shape index (κ2) is 10.6. The normalized spacial score (nSPS) is 15.9.